The molecule has 3 aromatic rings. The van der Waals surface area contributed by atoms with Gasteiger partial charge in [-0.1, -0.05) is 36.0 Å². The summed E-state index contributed by atoms with van der Waals surface area (Å²) in [6.07, 6.45) is 3.75. The average molecular weight is 367 g/mol. The second kappa shape index (κ2) is 7.59. The minimum atomic E-state index is -0.0878. The molecule has 0 aliphatic heterocycles. The first-order valence-corrected chi connectivity index (χ1v) is 9.15. The van der Waals surface area contributed by atoms with Crippen LogP contribution in [-0.2, 0) is 0 Å². The van der Waals surface area contributed by atoms with Crippen molar-refractivity contribution in [2.45, 2.75) is 13.8 Å². The van der Waals surface area contributed by atoms with Gasteiger partial charge in [0.15, 0.2) is 17.4 Å². The molecular weight excluding hydrogens is 348 g/mol. The van der Waals surface area contributed by atoms with Gasteiger partial charge in [-0.3, -0.25) is 0 Å². The van der Waals surface area contributed by atoms with Crippen LogP contribution in [-0.4, -0.2) is 4.99 Å². The fourth-order valence-corrected chi connectivity index (χ4v) is 3.40. The fraction of sp³-hybridized carbons (Fsp3) is 0.100. The third kappa shape index (κ3) is 4.13. The van der Waals surface area contributed by atoms with Gasteiger partial charge in [-0.2, -0.15) is 4.57 Å². The number of nitrogens with zero attached hydrogens (tertiary/aromatic N) is 1. The minimum Gasteiger partial charge on any atom is -0.867 e. The molecule has 1 aromatic carbocycles. The summed E-state index contributed by atoms with van der Waals surface area (Å²) in [6.45, 7) is 4.02. The average Bonchev–Trinajstić information content (AvgIpc) is 3.12. The summed E-state index contributed by atoms with van der Waals surface area (Å²) in [5, 5.41) is 18.1. The predicted molar refractivity (Wildman–Crippen MR) is 106 cm³/mol. The number of rotatable bonds is 4. The molecule has 3 rings (SSSR count). The summed E-state index contributed by atoms with van der Waals surface area (Å²) >= 11 is 6.99. The van der Waals surface area contributed by atoms with E-state index >= 15 is 0 Å². The van der Waals surface area contributed by atoms with Gasteiger partial charge in [0.05, 0.1) is 0 Å². The molecule has 0 fully saturated rings. The second-order valence-corrected chi connectivity index (χ2v) is 7.12. The van der Waals surface area contributed by atoms with E-state index in [-0.39, 0.29) is 5.76 Å². The van der Waals surface area contributed by atoms with E-state index in [9.17, 15) is 5.11 Å². The van der Waals surface area contributed by atoms with Gasteiger partial charge in [-0.15, -0.1) is 11.3 Å². The molecule has 2 aromatic heterocycles. The molecule has 3 nitrogen and oxygen atoms in total. The number of anilines is 1. The van der Waals surface area contributed by atoms with E-state index in [0.717, 1.165) is 11.3 Å². The summed E-state index contributed by atoms with van der Waals surface area (Å²) < 4.78 is 1.79. The fourth-order valence-electron chi connectivity index (χ4n) is 2.42. The van der Waals surface area contributed by atoms with Gasteiger partial charge in [0.1, 0.15) is 0 Å². The van der Waals surface area contributed by atoms with Gasteiger partial charge < -0.3 is 10.4 Å². The van der Waals surface area contributed by atoms with Crippen molar-refractivity contribution in [3.63, 3.8) is 0 Å². The van der Waals surface area contributed by atoms with E-state index in [2.05, 4.69) is 5.32 Å². The Morgan fingerprint density at radius 2 is 1.80 bits per heavy atom. The lowest BCUT2D eigenvalue weighted by Crippen LogP contribution is -2.40. The molecule has 0 amide bonds. The maximum absolute atomic E-state index is 13.0. The van der Waals surface area contributed by atoms with E-state index in [1.807, 2.05) is 80.2 Å². The highest BCUT2D eigenvalue weighted by molar-refractivity contribution is 7.81. The molecule has 5 heteroatoms. The first-order valence-electron chi connectivity index (χ1n) is 7.86. The van der Waals surface area contributed by atoms with Crippen LogP contribution in [0.25, 0.3) is 11.5 Å². The largest absolute Gasteiger partial charge is 0.867 e. The van der Waals surface area contributed by atoms with Crippen LogP contribution < -0.4 is 15.0 Å². The number of benzene rings is 1. The lowest BCUT2D eigenvalue weighted by molar-refractivity contribution is -0.578. The van der Waals surface area contributed by atoms with Crippen LogP contribution >= 0.6 is 23.6 Å². The molecule has 0 atom stereocenters. The Morgan fingerprint density at radius 1 is 1.04 bits per heavy atom. The monoisotopic (exact) mass is 366 g/mol. The van der Waals surface area contributed by atoms with Crippen molar-refractivity contribution in [2.75, 3.05) is 5.32 Å². The molecule has 1 N–H and O–H groups in total. The van der Waals surface area contributed by atoms with Crippen LogP contribution in [0, 0.1) is 13.8 Å². The summed E-state index contributed by atoms with van der Waals surface area (Å²) in [7, 11) is 0. The Bertz CT molecular complexity index is 913. The molecule has 0 aliphatic rings. The molecule has 0 spiro atoms. The van der Waals surface area contributed by atoms with Crippen LogP contribution in [0.15, 0.2) is 66.3 Å². The molecule has 0 aliphatic carbocycles. The van der Waals surface area contributed by atoms with Gasteiger partial charge >= 0.3 is 0 Å². The zero-order valence-corrected chi connectivity index (χ0v) is 15.7. The third-order valence-corrected chi connectivity index (χ3v) is 4.86. The lowest BCUT2D eigenvalue weighted by atomic mass is 10.2. The van der Waals surface area contributed by atoms with Crippen LogP contribution in [0.2, 0.25) is 0 Å². The highest BCUT2D eigenvalue weighted by Crippen LogP contribution is 2.21. The highest BCUT2D eigenvalue weighted by atomic mass is 32.1. The third-order valence-electron chi connectivity index (χ3n) is 3.69. The van der Waals surface area contributed by atoms with Crippen molar-refractivity contribution >= 4 is 45.7 Å². The zero-order valence-electron chi connectivity index (χ0n) is 14.0. The molecule has 0 unspecified atom stereocenters. The van der Waals surface area contributed by atoms with Crippen molar-refractivity contribution in [3.05, 3.63) is 82.3 Å². The Balaban J connectivity index is 2.03. The molecule has 126 valence electrons. The van der Waals surface area contributed by atoms with Crippen LogP contribution in [0.4, 0.5) is 5.69 Å². The van der Waals surface area contributed by atoms with Crippen molar-refractivity contribution in [2.24, 2.45) is 0 Å². The van der Waals surface area contributed by atoms with Crippen molar-refractivity contribution in [1.82, 2.24) is 0 Å². The van der Waals surface area contributed by atoms with Gasteiger partial charge in [-0.05, 0) is 49.3 Å². The number of aromatic nitrogens is 1. The zero-order chi connectivity index (χ0) is 17.8. The molecule has 0 radical (unpaired) electrons. The standard InChI is InChI=1S/C20H18N2OS2/c1-14-7-9-16(10-8-14)21-20(24)18(19(23)17-6-4-12-25-17)22-11-3-5-15(2)13-22/h3-13H,1-2H3,(H-,21,23,24). The van der Waals surface area contributed by atoms with Gasteiger partial charge in [-0.25, -0.2) is 0 Å². The van der Waals surface area contributed by atoms with Crippen molar-refractivity contribution in [1.29, 1.82) is 0 Å². The van der Waals surface area contributed by atoms with Crippen molar-refractivity contribution < 1.29 is 9.67 Å². The molecule has 0 saturated heterocycles. The number of pyridine rings is 1. The van der Waals surface area contributed by atoms with Gasteiger partial charge in [0.25, 0.3) is 0 Å². The van der Waals surface area contributed by atoms with Crippen LogP contribution in [0.5, 0.6) is 0 Å². The number of nitrogens with one attached hydrogen (secondary N) is 1. The normalized spacial score (nSPS) is 11.8. The number of thiocarbonyl (C=S) groups is 1. The van der Waals surface area contributed by atoms with E-state index < -0.39 is 0 Å². The number of hydrogen-bond donors (Lipinski definition) is 1. The predicted octanol–water partition coefficient (Wildman–Crippen LogP) is 3.78. The quantitative estimate of drug-likeness (QED) is 0.331. The highest BCUT2D eigenvalue weighted by Gasteiger charge is 2.19. The van der Waals surface area contributed by atoms with Crippen molar-refractivity contribution in [3.8, 4) is 0 Å². The smallest absolute Gasteiger partial charge is 0.239 e. The maximum atomic E-state index is 13.0. The lowest BCUT2D eigenvalue weighted by Gasteiger charge is -2.15. The van der Waals surface area contributed by atoms with Crippen LogP contribution in [0.3, 0.4) is 0 Å². The van der Waals surface area contributed by atoms with Gasteiger partial charge in [0.2, 0.25) is 5.70 Å². The first-order chi connectivity index (χ1) is 12.0. The van der Waals surface area contributed by atoms with E-state index in [4.69, 9.17) is 12.2 Å². The molecule has 0 saturated carbocycles. The SMILES string of the molecule is Cc1ccc(NC(=S)C(=C([O-])c2cccs2)[n+]2cccc(C)c2)cc1. The Labute approximate surface area is 156 Å². The molecule has 25 heavy (non-hydrogen) atoms. The summed E-state index contributed by atoms with van der Waals surface area (Å²) in [5.41, 5.74) is 3.53. The Kier molecular flexibility index (Phi) is 5.26. The Hall–Kier alpha value is -2.50. The number of thiophene rings is 1. The summed E-state index contributed by atoms with van der Waals surface area (Å²) in [5.74, 6) is -0.0878. The van der Waals surface area contributed by atoms with Gasteiger partial charge in [0, 0.05) is 22.2 Å². The maximum Gasteiger partial charge on any atom is 0.239 e. The second-order valence-electron chi connectivity index (χ2n) is 5.76. The summed E-state index contributed by atoms with van der Waals surface area (Å²) in [6, 6.07) is 15.5. The van der Waals surface area contributed by atoms with E-state index in [1.54, 1.807) is 4.57 Å². The van der Waals surface area contributed by atoms with E-state index in [0.29, 0.717) is 15.6 Å². The Morgan fingerprint density at radius 3 is 2.44 bits per heavy atom. The molecule has 2 heterocycles. The molecular formula is C20H18N2OS2. The molecule has 0 bridgehead atoms. The first kappa shape index (κ1) is 17.3. The summed E-state index contributed by atoms with van der Waals surface area (Å²) in [4.78, 5) is 1.06. The number of hydrogen-bond acceptors (Lipinski definition) is 3. The van der Waals surface area contributed by atoms with E-state index in [1.165, 1.54) is 16.9 Å². The number of aryl methyl sites for hydroxylation is 2. The minimum absolute atomic E-state index is 0.0878. The van der Waals surface area contributed by atoms with Crippen LogP contribution in [0.1, 0.15) is 16.0 Å². The topological polar surface area (TPSA) is 39.0 Å².